The number of hydrogen-bond acceptors (Lipinski definition) is 4. The number of ether oxygens (including phenoxy) is 2. The molecule has 3 rings (SSSR count). The van der Waals surface area contributed by atoms with E-state index in [9.17, 15) is 4.79 Å². The van der Waals surface area contributed by atoms with E-state index in [1.165, 1.54) is 0 Å². The smallest absolute Gasteiger partial charge is 0.257 e. The molecule has 25 heavy (non-hydrogen) atoms. The van der Waals surface area contributed by atoms with Crippen LogP contribution in [0.2, 0.25) is 0 Å². The molecule has 0 fully saturated rings. The summed E-state index contributed by atoms with van der Waals surface area (Å²) >= 11 is 0. The molecule has 1 aliphatic heterocycles. The van der Waals surface area contributed by atoms with E-state index in [2.05, 4.69) is 25.9 Å². The van der Waals surface area contributed by atoms with Gasteiger partial charge >= 0.3 is 0 Å². The Bertz CT molecular complexity index is 776. The van der Waals surface area contributed by atoms with Gasteiger partial charge in [-0.05, 0) is 39.8 Å². The molecule has 1 aromatic heterocycles. The fraction of sp³-hybridized carbons (Fsp3) is 0.474. The highest BCUT2D eigenvalue weighted by molar-refractivity contribution is 5.95. The van der Waals surface area contributed by atoms with Crippen LogP contribution in [-0.2, 0) is 5.54 Å². The third-order valence-electron chi connectivity index (χ3n) is 4.27. The van der Waals surface area contributed by atoms with Crippen molar-refractivity contribution in [3.63, 3.8) is 0 Å². The standard InChI is InChI=1S/C19H25N3O3/c1-13-15(10-20-22(13)19(2,3)4)18(23)21(5)11-14-12-24-16-8-6-7-9-17(16)25-14/h6-10,14H,11-12H2,1-5H3. The van der Waals surface area contributed by atoms with Crippen LogP contribution in [0.1, 0.15) is 36.8 Å². The summed E-state index contributed by atoms with van der Waals surface area (Å²) in [5.41, 5.74) is 1.33. The lowest BCUT2D eigenvalue weighted by molar-refractivity contribution is 0.0520. The van der Waals surface area contributed by atoms with Crippen LogP contribution in [0.25, 0.3) is 0 Å². The Morgan fingerprint density at radius 3 is 2.64 bits per heavy atom. The van der Waals surface area contributed by atoms with E-state index < -0.39 is 0 Å². The summed E-state index contributed by atoms with van der Waals surface area (Å²) in [6.45, 7) is 9.00. The van der Waals surface area contributed by atoms with Gasteiger partial charge in [0.2, 0.25) is 0 Å². The van der Waals surface area contributed by atoms with Gasteiger partial charge in [-0.3, -0.25) is 9.48 Å². The second-order valence-corrected chi connectivity index (χ2v) is 7.41. The number of likely N-dealkylation sites (N-methyl/N-ethyl adjacent to an activating group) is 1. The van der Waals surface area contributed by atoms with Gasteiger partial charge in [0.25, 0.3) is 5.91 Å². The van der Waals surface area contributed by atoms with Gasteiger partial charge in [-0.25, -0.2) is 0 Å². The van der Waals surface area contributed by atoms with Crippen molar-refractivity contribution < 1.29 is 14.3 Å². The number of fused-ring (bicyclic) bond motifs is 1. The minimum atomic E-state index is -0.193. The van der Waals surface area contributed by atoms with Gasteiger partial charge in [0, 0.05) is 12.7 Å². The monoisotopic (exact) mass is 343 g/mol. The molecule has 0 N–H and O–H groups in total. The van der Waals surface area contributed by atoms with E-state index in [1.54, 1.807) is 18.1 Å². The van der Waals surface area contributed by atoms with E-state index in [0.717, 1.165) is 17.2 Å². The predicted molar refractivity (Wildman–Crippen MR) is 95.3 cm³/mol. The van der Waals surface area contributed by atoms with Crippen LogP contribution >= 0.6 is 0 Å². The molecule has 0 spiro atoms. The fourth-order valence-corrected chi connectivity index (χ4v) is 3.04. The Hall–Kier alpha value is -2.50. The molecule has 0 saturated carbocycles. The highest BCUT2D eigenvalue weighted by atomic mass is 16.6. The second kappa shape index (κ2) is 6.43. The van der Waals surface area contributed by atoms with Gasteiger partial charge in [-0.15, -0.1) is 0 Å². The number of hydrogen-bond donors (Lipinski definition) is 0. The minimum absolute atomic E-state index is 0.0598. The summed E-state index contributed by atoms with van der Waals surface area (Å²) < 4.78 is 13.5. The van der Waals surface area contributed by atoms with Crippen molar-refractivity contribution in [3.05, 3.63) is 41.7 Å². The maximum absolute atomic E-state index is 12.8. The van der Waals surface area contributed by atoms with E-state index in [-0.39, 0.29) is 17.6 Å². The average Bonchev–Trinajstić information content (AvgIpc) is 2.95. The van der Waals surface area contributed by atoms with Crippen molar-refractivity contribution in [2.45, 2.75) is 39.3 Å². The summed E-state index contributed by atoms with van der Waals surface area (Å²) in [5, 5.41) is 4.38. The number of rotatable bonds is 3. The molecule has 0 aliphatic carbocycles. The first-order valence-electron chi connectivity index (χ1n) is 8.46. The molecule has 6 nitrogen and oxygen atoms in total. The highest BCUT2D eigenvalue weighted by Gasteiger charge is 2.27. The lowest BCUT2D eigenvalue weighted by atomic mass is 10.1. The summed E-state index contributed by atoms with van der Waals surface area (Å²) in [7, 11) is 1.78. The first kappa shape index (κ1) is 17.3. The Morgan fingerprint density at radius 2 is 2.00 bits per heavy atom. The normalized spacial score (nSPS) is 16.6. The van der Waals surface area contributed by atoms with Gasteiger partial charge in [-0.1, -0.05) is 12.1 Å². The predicted octanol–water partition coefficient (Wildman–Crippen LogP) is 2.86. The lowest BCUT2D eigenvalue weighted by Crippen LogP contribution is -2.42. The first-order chi connectivity index (χ1) is 11.8. The highest BCUT2D eigenvalue weighted by Crippen LogP contribution is 2.31. The largest absolute Gasteiger partial charge is 0.486 e. The molecule has 2 aromatic rings. The number of benzene rings is 1. The maximum atomic E-state index is 12.8. The van der Waals surface area contributed by atoms with Crippen molar-refractivity contribution in [3.8, 4) is 11.5 Å². The zero-order chi connectivity index (χ0) is 18.2. The summed E-state index contributed by atoms with van der Waals surface area (Å²) in [4.78, 5) is 14.5. The Labute approximate surface area is 148 Å². The van der Waals surface area contributed by atoms with E-state index >= 15 is 0 Å². The van der Waals surface area contributed by atoms with Crippen LogP contribution in [0.5, 0.6) is 11.5 Å². The Balaban J connectivity index is 1.69. The number of aromatic nitrogens is 2. The van der Waals surface area contributed by atoms with Crippen molar-refractivity contribution in [2.75, 3.05) is 20.2 Å². The number of carbonyl (C=O) groups is 1. The molecule has 0 radical (unpaired) electrons. The minimum Gasteiger partial charge on any atom is -0.486 e. The summed E-state index contributed by atoms with van der Waals surface area (Å²) in [5.74, 6) is 1.40. The zero-order valence-electron chi connectivity index (χ0n) is 15.4. The third-order valence-corrected chi connectivity index (χ3v) is 4.27. The molecule has 1 aromatic carbocycles. The van der Waals surface area contributed by atoms with Gasteiger partial charge < -0.3 is 14.4 Å². The van der Waals surface area contributed by atoms with Crippen LogP contribution in [0.15, 0.2) is 30.5 Å². The number of nitrogens with zero attached hydrogens (tertiary/aromatic N) is 3. The van der Waals surface area contributed by atoms with Crippen LogP contribution in [0.3, 0.4) is 0 Å². The van der Waals surface area contributed by atoms with Crippen molar-refractivity contribution >= 4 is 5.91 Å². The molecule has 1 unspecified atom stereocenters. The van der Waals surface area contributed by atoms with Crippen molar-refractivity contribution in [2.24, 2.45) is 0 Å². The van der Waals surface area contributed by atoms with Crippen molar-refractivity contribution in [1.29, 1.82) is 0 Å². The molecule has 0 saturated heterocycles. The third kappa shape index (κ3) is 3.48. The SMILES string of the molecule is Cc1c(C(=O)N(C)CC2COc3ccccc3O2)cnn1C(C)(C)C. The molecule has 134 valence electrons. The molecule has 6 heteroatoms. The fourth-order valence-electron chi connectivity index (χ4n) is 3.04. The molecular weight excluding hydrogens is 318 g/mol. The van der Waals surface area contributed by atoms with Crippen molar-refractivity contribution in [1.82, 2.24) is 14.7 Å². The molecule has 0 bridgehead atoms. The number of para-hydroxylation sites is 2. The topological polar surface area (TPSA) is 56.6 Å². The van der Waals surface area contributed by atoms with Crippen LogP contribution < -0.4 is 9.47 Å². The maximum Gasteiger partial charge on any atom is 0.257 e. The molecule has 1 atom stereocenters. The summed E-state index contributed by atoms with van der Waals surface area (Å²) in [6.07, 6.45) is 1.45. The second-order valence-electron chi connectivity index (χ2n) is 7.41. The van der Waals surface area contributed by atoms with Gasteiger partial charge in [0.05, 0.1) is 23.8 Å². The first-order valence-corrected chi connectivity index (χ1v) is 8.46. The number of amides is 1. The Kier molecular flexibility index (Phi) is 4.45. The van der Waals surface area contributed by atoms with Gasteiger partial charge in [-0.2, -0.15) is 5.10 Å². The molecule has 1 aliphatic rings. The van der Waals surface area contributed by atoms with Crippen LogP contribution in [-0.4, -0.2) is 46.9 Å². The quantitative estimate of drug-likeness (QED) is 0.860. The van der Waals surface area contributed by atoms with E-state index in [0.29, 0.717) is 18.7 Å². The van der Waals surface area contributed by atoms with E-state index in [4.69, 9.17) is 9.47 Å². The lowest BCUT2D eigenvalue weighted by Gasteiger charge is -2.29. The van der Waals surface area contributed by atoms with Crippen LogP contribution in [0.4, 0.5) is 0 Å². The van der Waals surface area contributed by atoms with Gasteiger partial charge in [0.1, 0.15) is 6.61 Å². The Morgan fingerprint density at radius 1 is 1.32 bits per heavy atom. The molecule has 2 heterocycles. The molecule has 1 amide bonds. The van der Waals surface area contributed by atoms with Crippen LogP contribution in [0, 0.1) is 6.92 Å². The molecular formula is C19H25N3O3. The van der Waals surface area contributed by atoms with Gasteiger partial charge in [0.15, 0.2) is 17.6 Å². The average molecular weight is 343 g/mol. The zero-order valence-corrected chi connectivity index (χ0v) is 15.4. The summed E-state index contributed by atoms with van der Waals surface area (Å²) in [6, 6.07) is 7.57. The number of carbonyl (C=O) groups excluding carboxylic acids is 1. The van der Waals surface area contributed by atoms with E-state index in [1.807, 2.05) is 35.9 Å².